The van der Waals surface area contributed by atoms with Gasteiger partial charge in [-0.05, 0) is 50.1 Å². The number of rotatable bonds is 5. The van der Waals surface area contributed by atoms with Crippen molar-refractivity contribution in [2.24, 2.45) is 0 Å². The Morgan fingerprint density at radius 2 is 2.00 bits per heavy atom. The van der Waals surface area contributed by atoms with Gasteiger partial charge < -0.3 is 14.7 Å². The van der Waals surface area contributed by atoms with Crippen molar-refractivity contribution in [2.75, 3.05) is 40.4 Å². The van der Waals surface area contributed by atoms with Crippen molar-refractivity contribution in [3.05, 3.63) is 28.8 Å². The van der Waals surface area contributed by atoms with Gasteiger partial charge in [-0.2, -0.15) is 0 Å². The van der Waals surface area contributed by atoms with E-state index in [0.717, 1.165) is 38.3 Å². The molecule has 0 unspecified atom stereocenters. The van der Waals surface area contributed by atoms with E-state index < -0.39 is 0 Å². The maximum atomic E-state index is 9.19. The monoisotopic (exact) mass is 292 g/mol. The molecule has 4 nitrogen and oxygen atoms in total. The minimum atomic E-state index is 0.267. The average Bonchev–Trinajstić information content (AvgIpc) is 2.46. The molecule has 1 heterocycles. The molecule has 1 aromatic carbocycles. The summed E-state index contributed by atoms with van der Waals surface area (Å²) in [5.74, 6) is 0.966. The van der Waals surface area contributed by atoms with Crippen LogP contribution in [0.4, 0.5) is 0 Å². The number of aliphatic hydroxyl groups excluding tert-OH is 1. The second-order valence-corrected chi connectivity index (χ2v) is 6.13. The molecule has 1 saturated heterocycles. The number of nitrogens with zero attached hydrogens (tertiary/aromatic N) is 2. The van der Waals surface area contributed by atoms with Crippen LogP contribution in [0.5, 0.6) is 5.75 Å². The van der Waals surface area contributed by atoms with E-state index in [1.54, 1.807) is 7.11 Å². The highest BCUT2D eigenvalue weighted by molar-refractivity contribution is 5.41. The molecule has 1 aliphatic heterocycles. The van der Waals surface area contributed by atoms with Gasteiger partial charge in [0.05, 0.1) is 7.11 Å². The number of ether oxygens (including phenoxy) is 1. The third-order valence-electron chi connectivity index (χ3n) is 4.57. The standard InChI is InChI=1S/C17H28N2O2/c1-13-10-17(21-4)14(2)9-15(13)11-19-7-6-18(3)16(12-19)5-8-20/h9-10,16,20H,5-8,11-12H2,1-4H3/t16-/m0/s1. The van der Waals surface area contributed by atoms with Gasteiger partial charge >= 0.3 is 0 Å². The molecule has 0 bridgehead atoms. The highest BCUT2D eigenvalue weighted by Gasteiger charge is 2.24. The van der Waals surface area contributed by atoms with Crippen LogP contribution in [0.3, 0.4) is 0 Å². The summed E-state index contributed by atoms with van der Waals surface area (Å²) in [6.07, 6.45) is 0.855. The van der Waals surface area contributed by atoms with E-state index in [9.17, 15) is 5.11 Å². The first kappa shape index (κ1) is 16.3. The summed E-state index contributed by atoms with van der Waals surface area (Å²) < 4.78 is 5.39. The molecule has 0 radical (unpaired) electrons. The van der Waals surface area contributed by atoms with Crippen molar-refractivity contribution in [3.63, 3.8) is 0 Å². The molecule has 1 aromatic rings. The van der Waals surface area contributed by atoms with Gasteiger partial charge in [-0.3, -0.25) is 4.90 Å². The van der Waals surface area contributed by atoms with Crippen molar-refractivity contribution < 1.29 is 9.84 Å². The number of aryl methyl sites for hydroxylation is 2. The first-order valence-corrected chi connectivity index (χ1v) is 7.72. The lowest BCUT2D eigenvalue weighted by Crippen LogP contribution is -2.51. The number of likely N-dealkylation sites (N-methyl/N-ethyl adjacent to an activating group) is 1. The summed E-state index contributed by atoms with van der Waals surface area (Å²) >= 11 is 0. The smallest absolute Gasteiger partial charge is 0.122 e. The van der Waals surface area contributed by atoms with Gasteiger partial charge in [0.2, 0.25) is 0 Å². The summed E-state index contributed by atoms with van der Waals surface area (Å²) in [7, 11) is 3.88. The zero-order valence-electron chi connectivity index (χ0n) is 13.7. The number of benzene rings is 1. The number of hydrogen-bond acceptors (Lipinski definition) is 4. The molecular weight excluding hydrogens is 264 g/mol. The molecule has 4 heteroatoms. The first-order valence-electron chi connectivity index (χ1n) is 7.72. The maximum Gasteiger partial charge on any atom is 0.122 e. The predicted molar refractivity (Wildman–Crippen MR) is 85.9 cm³/mol. The van der Waals surface area contributed by atoms with Crippen LogP contribution < -0.4 is 4.74 Å². The minimum absolute atomic E-state index is 0.267. The van der Waals surface area contributed by atoms with E-state index in [1.807, 2.05) is 0 Å². The molecule has 1 aliphatic rings. The zero-order valence-corrected chi connectivity index (χ0v) is 13.7. The van der Waals surface area contributed by atoms with Crippen LogP contribution in [0.25, 0.3) is 0 Å². The Balaban J connectivity index is 2.06. The summed E-state index contributed by atoms with van der Waals surface area (Å²) in [6, 6.07) is 4.84. The fourth-order valence-electron chi connectivity index (χ4n) is 3.10. The number of hydrogen-bond donors (Lipinski definition) is 1. The quantitative estimate of drug-likeness (QED) is 0.898. The number of piperazine rings is 1. The van der Waals surface area contributed by atoms with Crippen LogP contribution >= 0.6 is 0 Å². The van der Waals surface area contributed by atoms with Crippen LogP contribution in [0.2, 0.25) is 0 Å². The molecule has 21 heavy (non-hydrogen) atoms. The summed E-state index contributed by atoms with van der Waals surface area (Å²) in [5, 5.41) is 9.19. The summed E-state index contributed by atoms with van der Waals surface area (Å²) in [4.78, 5) is 4.85. The molecule has 0 aliphatic carbocycles. The Morgan fingerprint density at radius 1 is 1.24 bits per heavy atom. The second kappa shape index (κ2) is 7.25. The fourth-order valence-corrected chi connectivity index (χ4v) is 3.10. The van der Waals surface area contributed by atoms with E-state index in [4.69, 9.17) is 4.74 Å². The largest absolute Gasteiger partial charge is 0.496 e. The van der Waals surface area contributed by atoms with Crippen molar-refractivity contribution in [1.82, 2.24) is 9.80 Å². The first-order chi connectivity index (χ1) is 10.0. The Hall–Kier alpha value is -1.10. The Morgan fingerprint density at radius 3 is 2.67 bits per heavy atom. The number of methoxy groups -OCH3 is 1. The van der Waals surface area contributed by atoms with Gasteiger partial charge in [0.1, 0.15) is 5.75 Å². The van der Waals surface area contributed by atoms with Crippen LogP contribution in [0, 0.1) is 13.8 Å². The van der Waals surface area contributed by atoms with Crippen LogP contribution in [0.1, 0.15) is 23.1 Å². The highest BCUT2D eigenvalue weighted by atomic mass is 16.5. The minimum Gasteiger partial charge on any atom is -0.496 e. The van der Waals surface area contributed by atoms with Crippen LogP contribution in [0.15, 0.2) is 12.1 Å². The molecule has 118 valence electrons. The number of aliphatic hydroxyl groups is 1. The van der Waals surface area contributed by atoms with Gasteiger partial charge in [-0.25, -0.2) is 0 Å². The molecule has 0 amide bonds. The normalized spacial score (nSPS) is 20.7. The second-order valence-electron chi connectivity index (χ2n) is 6.13. The van der Waals surface area contributed by atoms with Gasteiger partial charge in [0.15, 0.2) is 0 Å². The summed E-state index contributed by atoms with van der Waals surface area (Å²) in [6.45, 7) is 8.68. The predicted octanol–water partition coefficient (Wildman–Crippen LogP) is 1.81. The Bertz CT molecular complexity index is 476. The van der Waals surface area contributed by atoms with Gasteiger partial charge in [-0.1, -0.05) is 6.07 Å². The maximum absolute atomic E-state index is 9.19. The topological polar surface area (TPSA) is 35.9 Å². The van der Waals surface area contributed by atoms with Gasteiger partial charge in [0, 0.05) is 38.8 Å². The van der Waals surface area contributed by atoms with Crippen molar-refractivity contribution >= 4 is 0 Å². The van der Waals surface area contributed by atoms with E-state index in [2.05, 4.69) is 42.8 Å². The van der Waals surface area contributed by atoms with Crippen LogP contribution in [-0.2, 0) is 6.54 Å². The van der Waals surface area contributed by atoms with E-state index in [-0.39, 0.29) is 6.61 Å². The third-order valence-corrected chi connectivity index (χ3v) is 4.57. The van der Waals surface area contributed by atoms with Crippen molar-refractivity contribution in [1.29, 1.82) is 0 Å². The Kier molecular flexibility index (Phi) is 5.62. The third kappa shape index (κ3) is 3.96. The SMILES string of the molecule is COc1cc(C)c(CN2CCN(C)[C@@H](CCO)C2)cc1C. The fraction of sp³-hybridized carbons (Fsp3) is 0.647. The lowest BCUT2D eigenvalue weighted by molar-refractivity contribution is 0.0742. The zero-order chi connectivity index (χ0) is 15.4. The lowest BCUT2D eigenvalue weighted by atomic mass is 10.0. The van der Waals surface area contributed by atoms with Gasteiger partial charge in [-0.15, -0.1) is 0 Å². The molecule has 1 fully saturated rings. The molecule has 0 aromatic heterocycles. The Labute approximate surface area is 128 Å². The average molecular weight is 292 g/mol. The highest BCUT2D eigenvalue weighted by Crippen LogP contribution is 2.24. The van der Waals surface area contributed by atoms with Crippen LogP contribution in [-0.4, -0.2) is 61.3 Å². The summed E-state index contributed by atoms with van der Waals surface area (Å²) in [5.41, 5.74) is 3.86. The molecule has 0 spiro atoms. The molecule has 1 atom stereocenters. The molecule has 1 N–H and O–H groups in total. The molecule has 2 rings (SSSR count). The van der Waals surface area contributed by atoms with Crippen molar-refractivity contribution in [3.8, 4) is 5.75 Å². The van der Waals surface area contributed by atoms with E-state index >= 15 is 0 Å². The lowest BCUT2D eigenvalue weighted by Gasteiger charge is -2.39. The molecular formula is C17H28N2O2. The van der Waals surface area contributed by atoms with Crippen molar-refractivity contribution in [2.45, 2.75) is 32.9 Å². The van der Waals surface area contributed by atoms with E-state index in [0.29, 0.717) is 6.04 Å². The molecule has 0 saturated carbocycles. The van der Waals surface area contributed by atoms with E-state index in [1.165, 1.54) is 16.7 Å². The van der Waals surface area contributed by atoms with Gasteiger partial charge in [0.25, 0.3) is 0 Å².